The van der Waals surface area contributed by atoms with Gasteiger partial charge < -0.3 is 14.0 Å². The molecular formula is C44H41IrN3OSi-2. The minimum absolute atomic E-state index is 0. The number of hydrogen-bond acceptors (Lipinski definition) is 3. The van der Waals surface area contributed by atoms with Crippen LogP contribution in [-0.4, -0.2) is 22.6 Å². The molecule has 253 valence electrons. The van der Waals surface area contributed by atoms with Gasteiger partial charge in [-0.3, -0.25) is 4.98 Å². The third-order valence-electron chi connectivity index (χ3n) is 8.83. The van der Waals surface area contributed by atoms with Crippen LogP contribution in [0.4, 0.5) is 0 Å². The molecule has 5 aromatic carbocycles. The zero-order valence-corrected chi connectivity index (χ0v) is 32.5. The maximum absolute atomic E-state index is 7.35. The van der Waals surface area contributed by atoms with Crippen LogP contribution >= 0.6 is 0 Å². The molecule has 4 nitrogen and oxygen atoms in total. The molecule has 6 heteroatoms. The molecule has 0 unspecified atom stereocenters. The van der Waals surface area contributed by atoms with E-state index in [0.717, 1.165) is 61.3 Å². The van der Waals surface area contributed by atoms with E-state index in [-0.39, 0.29) is 25.5 Å². The average molecular weight is 851 g/mol. The van der Waals surface area contributed by atoms with Crippen molar-refractivity contribution in [1.29, 1.82) is 0 Å². The molecule has 0 aliphatic heterocycles. The van der Waals surface area contributed by atoms with Gasteiger partial charge in [0.25, 0.3) is 0 Å². The van der Waals surface area contributed by atoms with Crippen molar-refractivity contribution < 1.29 is 28.6 Å². The second-order valence-electron chi connectivity index (χ2n) is 14.4. The van der Waals surface area contributed by atoms with E-state index in [1.54, 1.807) is 12.1 Å². The molecule has 0 N–H and O–H groups in total. The number of nitrogens with zero attached hydrogens (tertiary/aromatic N) is 3. The van der Waals surface area contributed by atoms with Gasteiger partial charge in [0.15, 0.2) is 0 Å². The standard InChI is InChI=1S/C29H23N2O.C15H18NSi.Ir/c1-29(2,3)19-15-17-20(18-16-19)31-25-13-6-5-12-24(25)30-28(31)23-11-8-10-22-21-9-4-7-14-26(21)32-27(22)23;1-12-5-7-13(8-6-12)15-10-9-14(11-16-15)17(2,3)4;/h4-10,12-18H,1-3H3;5-7,9-11H,1-4H3;/q2*-1;/i;1D3;. The second-order valence-corrected chi connectivity index (χ2v) is 19.5. The number of fused-ring (bicyclic) bond motifs is 4. The smallest absolute Gasteiger partial charge is 0.120 e. The molecule has 0 fully saturated rings. The van der Waals surface area contributed by atoms with Crippen molar-refractivity contribution in [3.8, 4) is 28.3 Å². The molecule has 1 radical (unpaired) electrons. The van der Waals surface area contributed by atoms with Crippen LogP contribution < -0.4 is 5.19 Å². The van der Waals surface area contributed by atoms with Gasteiger partial charge in [0.05, 0.1) is 30.5 Å². The summed E-state index contributed by atoms with van der Waals surface area (Å²) in [4.78, 5) is 9.49. The first-order valence-corrected chi connectivity index (χ1v) is 20.1. The molecule has 0 bridgehead atoms. The van der Waals surface area contributed by atoms with E-state index >= 15 is 0 Å². The number of hydrogen-bond donors (Lipinski definition) is 0. The third-order valence-corrected chi connectivity index (χ3v) is 10.9. The van der Waals surface area contributed by atoms with Gasteiger partial charge in [-0.25, -0.2) is 0 Å². The van der Waals surface area contributed by atoms with Gasteiger partial charge in [-0.1, -0.05) is 113 Å². The van der Waals surface area contributed by atoms with Crippen LogP contribution in [0.5, 0.6) is 0 Å². The zero-order valence-electron chi connectivity index (χ0n) is 32.1. The first-order valence-electron chi connectivity index (χ1n) is 18.1. The summed E-state index contributed by atoms with van der Waals surface area (Å²) in [5.74, 6) is 0.833. The van der Waals surface area contributed by atoms with E-state index in [4.69, 9.17) is 13.5 Å². The average Bonchev–Trinajstić information content (AvgIpc) is 3.70. The largest absolute Gasteiger partial charge is 0.501 e. The van der Waals surface area contributed by atoms with Crippen molar-refractivity contribution >= 4 is 46.2 Å². The monoisotopic (exact) mass is 851 g/mol. The van der Waals surface area contributed by atoms with Crippen molar-refractivity contribution in [2.24, 2.45) is 0 Å². The van der Waals surface area contributed by atoms with E-state index in [0.29, 0.717) is 5.56 Å². The zero-order chi connectivity index (χ0) is 36.8. The molecule has 50 heavy (non-hydrogen) atoms. The van der Waals surface area contributed by atoms with Crippen LogP contribution in [0.15, 0.2) is 126 Å². The van der Waals surface area contributed by atoms with Crippen LogP contribution in [0.1, 0.15) is 36.0 Å². The Morgan fingerprint density at radius 2 is 1.56 bits per heavy atom. The number of aromatic nitrogens is 3. The molecular weight excluding hydrogens is 807 g/mol. The Labute approximate surface area is 313 Å². The van der Waals surface area contributed by atoms with Gasteiger partial charge in [-0.2, -0.15) is 0 Å². The summed E-state index contributed by atoms with van der Waals surface area (Å²) in [7, 11) is -1.34. The summed E-state index contributed by atoms with van der Waals surface area (Å²) in [6, 6.07) is 44.6. The fraction of sp³-hybridized carbons (Fsp3) is 0.182. The Kier molecular flexibility index (Phi) is 8.75. The topological polar surface area (TPSA) is 43.9 Å². The van der Waals surface area contributed by atoms with Crippen molar-refractivity contribution in [3.63, 3.8) is 0 Å². The number of furan rings is 1. The molecule has 0 aliphatic rings. The Balaban J connectivity index is 0.000000199. The molecule has 8 aromatic rings. The van der Waals surface area contributed by atoms with Gasteiger partial charge in [0.2, 0.25) is 0 Å². The van der Waals surface area contributed by atoms with Crippen molar-refractivity contribution in [2.45, 2.75) is 52.7 Å². The molecule has 0 aliphatic carbocycles. The number of imidazole rings is 1. The van der Waals surface area contributed by atoms with Gasteiger partial charge in [0.1, 0.15) is 5.58 Å². The van der Waals surface area contributed by atoms with Crippen molar-refractivity contribution in [2.75, 3.05) is 0 Å². The predicted molar refractivity (Wildman–Crippen MR) is 208 cm³/mol. The van der Waals surface area contributed by atoms with E-state index in [1.807, 2.05) is 42.6 Å². The SMILES string of the molecule is CC(C)(C)c1ccc(-n2c(-c3[c-]ccc4c3oc3ccccc34)nc3ccccc32)cc1.[2H]C([2H])([2H])c1c[c-]c(-c2ccc([Si](C)(C)C)cn2)cc1.[Ir]. The number of aryl methyl sites for hydroxylation is 1. The summed E-state index contributed by atoms with van der Waals surface area (Å²) < 4.78 is 30.6. The fourth-order valence-corrected chi connectivity index (χ4v) is 7.04. The van der Waals surface area contributed by atoms with E-state index in [9.17, 15) is 0 Å². The van der Waals surface area contributed by atoms with Crippen LogP contribution in [-0.2, 0) is 25.5 Å². The second kappa shape index (κ2) is 14.0. The number of rotatable bonds is 4. The summed E-state index contributed by atoms with van der Waals surface area (Å²) in [6.45, 7) is 11.5. The molecule has 0 spiro atoms. The maximum atomic E-state index is 7.35. The van der Waals surface area contributed by atoms with Crippen LogP contribution in [0.2, 0.25) is 19.6 Å². The Morgan fingerprint density at radius 1 is 0.800 bits per heavy atom. The van der Waals surface area contributed by atoms with E-state index in [2.05, 4.69) is 123 Å². The Bertz CT molecular complexity index is 2450. The summed E-state index contributed by atoms with van der Waals surface area (Å²) in [5, 5.41) is 3.49. The molecule has 0 atom stereocenters. The minimum atomic E-state index is -2.08. The predicted octanol–water partition coefficient (Wildman–Crippen LogP) is 11.1. The first kappa shape index (κ1) is 31.4. The molecule has 0 saturated heterocycles. The van der Waals surface area contributed by atoms with Crippen LogP contribution in [0.3, 0.4) is 0 Å². The summed E-state index contributed by atoms with van der Waals surface area (Å²) in [6.07, 6.45) is 1.92. The molecule has 8 rings (SSSR count). The maximum Gasteiger partial charge on any atom is 0.120 e. The Morgan fingerprint density at radius 3 is 2.24 bits per heavy atom. The number of pyridine rings is 1. The number of benzene rings is 5. The first-order chi connectivity index (χ1) is 24.7. The molecule has 0 saturated carbocycles. The quantitative estimate of drug-likeness (QED) is 0.131. The fourth-order valence-electron chi connectivity index (χ4n) is 6.00. The van der Waals surface area contributed by atoms with Gasteiger partial charge in [-0.15, -0.1) is 53.6 Å². The summed E-state index contributed by atoms with van der Waals surface area (Å²) >= 11 is 0. The van der Waals surface area contributed by atoms with Crippen molar-refractivity contribution in [1.82, 2.24) is 14.5 Å². The normalized spacial score (nSPS) is 12.9. The number of para-hydroxylation sites is 3. The minimum Gasteiger partial charge on any atom is -0.501 e. The van der Waals surface area contributed by atoms with Gasteiger partial charge in [-0.05, 0) is 52.2 Å². The Hall–Kier alpha value is -4.61. The van der Waals surface area contributed by atoms with E-state index < -0.39 is 14.9 Å². The van der Waals surface area contributed by atoms with Crippen LogP contribution in [0.25, 0.3) is 61.3 Å². The molecule has 3 aromatic heterocycles. The van der Waals surface area contributed by atoms with Gasteiger partial charge >= 0.3 is 0 Å². The molecule has 3 heterocycles. The molecule has 0 amide bonds. The van der Waals surface area contributed by atoms with E-state index in [1.165, 1.54) is 16.8 Å². The summed E-state index contributed by atoms with van der Waals surface area (Å²) in [5.41, 5.74) is 9.00. The third kappa shape index (κ3) is 7.02. The van der Waals surface area contributed by atoms with Gasteiger partial charge in [0, 0.05) is 41.5 Å². The van der Waals surface area contributed by atoms with Crippen LogP contribution in [0, 0.1) is 19.0 Å². The van der Waals surface area contributed by atoms with Crippen molar-refractivity contribution in [3.05, 3.63) is 145 Å².